The Morgan fingerprint density at radius 3 is 2.61 bits per heavy atom. The molecule has 2 aromatic heterocycles. The van der Waals surface area contributed by atoms with Crippen molar-refractivity contribution in [2.45, 2.75) is 6.92 Å². The van der Waals surface area contributed by atoms with E-state index in [-0.39, 0.29) is 0 Å². The topological polar surface area (TPSA) is 29.3 Å². The summed E-state index contributed by atoms with van der Waals surface area (Å²) in [6.07, 6.45) is 3.94. The Hall–Kier alpha value is -2.29. The molecule has 0 saturated carbocycles. The maximum atomic E-state index is 4.51. The van der Waals surface area contributed by atoms with E-state index >= 15 is 0 Å². The summed E-state index contributed by atoms with van der Waals surface area (Å²) in [7, 11) is 1.92. The highest BCUT2D eigenvalue weighted by atomic mass is 15.0. The van der Waals surface area contributed by atoms with Gasteiger partial charge in [0.25, 0.3) is 0 Å². The van der Waals surface area contributed by atoms with Gasteiger partial charge in [0.2, 0.25) is 0 Å². The molecule has 3 rings (SSSR count). The SMILES string of the molecule is CNc1ccn2c(-c3ccc(C)cc3)ncc2c1. The number of hydrogen-bond acceptors (Lipinski definition) is 2. The molecular weight excluding hydrogens is 222 g/mol. The van der Waals surface area contributed by atoms with Gasteiger partial charge in [0.15, 0.2) is 0 Å². The Bertz CT molecular complexity index is 681. The van der Waals surface area contributed by atoms with Crippen LogP contribution in [0.2, 0.25) is 0 Å². The van der Waals surface area contributed by atoms with Gasteiger partial charge >= 0.3 is 0 Å². The molecule has 3 heteroatoms. The molecule has 0 amide bonds. The number of aryl methyl sites for hydroxylation is 1. The molecule has 90 valence electrons. The fourth-order valence-corrected chi connectivity index (χ4v) is 2.07. The second-order valence-electron chi connectivity index (χ2n) is 4.41. The summed E-state index contributed by atoms with van der Waals surface area (Å²) < 4.78 is 2.10. The van der Waals surface area contributed by atoms with Crippen LogP contribution in [0.25, 0.3) is 16.9 Å². The first-order valence-corrected chi connectivity index (χ1v) is 6.00. The van der Waals surface area contributed by atoms with E-state index in [9.17, 15) is 0 Å². The van der Waals surface area contributed by atoms with Gasteiger partial charge in [0.1, 0.15) is 5.82 Å². The van der Waals surface area contributed by atoms with Crippen LogP contribution in [-0.2, 0) is 0 Å². The Balaban J connectivity index is 2.15. The molecule has 1 aromatic carbocycles. The largest absolute Gasteiger partial charge is 0.388 e. The lowest BCUT2D eigenvalue weighted by Crippen LogP contribution is -1.92. The van der Waals surface area contributed by atoms with Gasteiger partial charge in [-0.05, 0) is 19.1 Å². The van der Waals surface area contributed by atoms with E-state index in [4.69, 9.17) is 0 Å². The van der Waals surface area contributed by atoms with Crippen LogP contribution in [0.15, 0.2) is 48.8 Å². The molecular formula is C15H15N3. The maximum absolute atomic E-state index is 4.51. The minimum absolute atomic E-state index is 0.979. The number of hydrogen-bond donors (Lipinski definition) is 1. The van der Waals surface area contributed by atoms with Crippen molar-refractivity contribution in [1.82, 2.24) is 9.38 Å². The van der Waals surface area contributed by atoms with Crippen molar-refractivity contribution < 1.29 is 0 Å². The molecule has 0 aliphatic heterocycles. The molecule has 0 fully saturated rings. The monoisotopic (exact) mass is 237 g/mol. The Kier molecular flexibility index (Phi) is 2.52. The van der Waals surface area contributed by atoms with Gasteiger partial charge in [0, 0.05) is 24.5 Å². The number of aromatic nitrogens is 2. The first kappa shape index (κ1) is 10.8. The third-order valence-electron chi connectivity index (χ3n) is 3.13. The van der Waals surface area contributed by atoms with E-state index in [2.05, 4.69) is 52.0 Å². The third kappa shape index (κ3) is 1.74. The number of benzene rings is 1. The van der Waals surface area contributed by atoms with Crippen LogP contribution in [0.5, 0.6) is 0 Å². The quantitative estimate of drug-likeness (QED) is 0.740. The summed E-state index contributed by atoms with van der Waals surface area (Å²) in [4.78, 5) is 4.51. The number of imidazole rings is 1. The van der Waals surface area contributed by atoms with Gasteiger partial charge in [-0.1, -0.05) is 29.8 Å². The summed E-state index contributed by atoms with van der Waals surface area (Å²) in [5, 5.41) is 3.13. The predicted octanol–water partition coefficient (Wildman–Crippen LogP) is 3.35. The van der Waals surface area contributed by atoms with E-state index in [1.165, 1.54) is 5.56 Å². The minimum atomic E-state index is 0.979. The molecule has 0 unspecified atom stereocenters. The van der Waals surface area contributed by atoms with Crippen LogP contribution in [0.1, 0.15) is 5.56 Å². The molecule has 3 nitrogen and oxygen atoms in total. The van der Waals surface area contributed by atoms with Crippen molar-refractivity contribution in [3.63, 3.8) is 0 Å². The number of anilines is 1. The second-order valence-corrected chi connectivity index (χ2v) is 4.41. The fraction of sp³-hybridized carbons (Fsp3) is 0.133. The van der Waals surface area contributed by atoms with Gasteiger partial charge in [-0.2, -0.15) is 0 Å². The lowest BCUT2D eigenvalue weighted by Gasteiger charge is -2.04. The Morgan fingerprint density at radius 1 is 1.11 bits per heavy atom. The van der Waals surface area contributed by atoms with Crippen molar-refractivity contribution in [2.24, 2.45) is 0 Å². The van der Waals surface area contributed by atoms with Crippen LogP contribution in [0, 0.1) is 6.92 Å². The van der Waals surface area contributed by atoms with Crippen LogP contribution in [-0.4, -0.2) is 16.4 Å². The van der Waals surface area contributed by atoms with E-state index in [0.29, 0.717) is 0 Å². The highest BCUT2D eigenvalue weighted by molar-refractivity contribution is 5.66. The van der Waals surface area contributed by atoms with Crippen molar-refractivity contribution in [3.8, 4) is 11.4 Å². The van der Waals surface area contributed by atoms with Crippen molar-refractivity contribution >= 4 is 11.2 Å². The molecule has 18 heavy (non-hydrogen) atoms. The summed E-state index contributed by atoms with van der Waals surface area (Å²) in [6.45, 7) is 2.09. The molecule has 0 radical (unpaired) electrons. The van der Waals surface area contributed by atoms with Crippen LogP contribution in [0.3, 0.4) is 0 Å². The van der Waals surface area contributed by atoms with E-state index in [1.54, 1.807) is 0 Å². The number of fused-ring (bicyclic) bond motifs is 1. The molecule has 0 bridgehead atoms. The predicted molar refractivity (Wildman–Crippen MR) is 74.9 cm³/mol. The number of rotatable bonds is 2. The van der Waals surface area contributed by atoms with Crippen molar-refractivity contribution in [2.75, 3.05) is 12.4 Å². The van der Waals surface area contributed by atoms with Crippen LogP contribution >= 0.6 is 0 Å². The number of pyridine rings is 1. The standard InChI is InChI=1S/C15H15N3/c1-11-3-5-12(6-4-11)15-17-10-14-9-13(16-2)7-8-18(14)15/h3-10,16H,1-2H3. The molecule has 3 aromatic rings. The molecule has 0 atom stereocenters. The average molecular weight is 237 g/mol. The molecule has 0 spiro atoms. The van der Waals surface area contributed by atoms with E-state index in [0.717, 1.165) is 22.6 Å². The first-order chi connectivity index (χ1) is 8.78. The zero-order valence-electron chi connectivity index (χ0n) is 10.5. The van der Waals surface area contributed by atoms with Crippen LogP contribution < -0.4 is 5.32 Å². The summed E-state index contributed by atoms with van der Waals surface area (Å²) in [6, 6.07) is 12.6. The average Bonchev–Trinajstić information content (AvgIpc) is 2.82. The van der Waals surface area contributed by atoms with Crippen LogP contribution in [0.4, 0.5) is 5.69 Å². The van der Waals surface area contributed by atoms with Gasteiger partial charge in [-0.15, -0.1) is 0 Å². The molecule has 0 saturated heterocycles. The van der Waals surface area contributed by atoms with Crippen molar-refractivity contribution in [3.05, 3.63) is 54.4 Å². The third-order valence-corrected chi connectivity index (χ3v) is 3.13. The summed E-state index contributed by atoms with van der Waals surface area (Å²) >= 11 is 0. The van der Waals surface area contributed by atoms with E-state index in [1.807, 2.05) is 25.5 Å². The van der Waals surface area contributed by atoms with Gasteiger partial charge in [-0.25, -0.2) is 4.98 Å². The normalized spacial score (nSPS) is 10.8. The maximum Gasteiger partial charge on any atom is 0.144 e. The van der Waals surface area contributed by atoms with Gasteiger partial charge < -0.3 is 5.32 Å². The first-order valence-electron chi connectivity index (χ1n) is 6.00. The highest BCUT2D eigenvalue weighted by Crippen LogP contribution is 2.21. The smallest absolute Gasteiger partial charge is 0.144 e. The summed E-state index contributed by atoms with van der Waals surface area (Å²) in [5.41, 5.74) is 4.59. The molecule has 0 aliphatic carbocycles. The zero-order valence-corrected chi connectivity index (χ0v) is 10.5. The Morgan fingerprint density at radius 2 is 1.89 bits per heavy atom. The number of nitrogens with zero attached hydrogens (tertiary/aromatic N) is 2. The van der Waals surface area contributed by atoms with Gasteiger partial charge in [0.05, 0.1) is 11.7 Å². The second kappa shape index (κ2) is 4.18. The lowest BCUT2D eigenvalue weighted by molar-refractivity contribution is 1.16. The molecule has 2 heterocycles. The zero-order chi connectivity index (χ0) is 12.5. The summed E-state index contributed by atoms with van der Waals surface area (Å²) in [5.74, 6) is 0.979. The highest BCUT2D eigenvalue weighted by Gasteiger charge is 2.06. The molecule has 1 N–H and O–H groups in total. The van der Waals surface area contributed by atoms with E-state index < -0.39 is 0 Å². The number of nitrogens with one attached hydrogen (secondary N) is 1. The Labute approximate surface area is 106 Å². The molecule has 0 aliphatic rings. The fourth-order valence-electron chi connectivity index (χ4n) is 2.07. The van der Waals surface area contributed by atoms with Crippen molar-refractivity contribution in [1.29, 1.82) is 0 Å². The lowest BCUT2D eigenvalue weighted by atomic mass is 10.1. The minimum Gasteiger partial charge on any atom is -0.388 e. The van der Waals surface area contributed by atoms with Gasteiger partial charge in [-0.3, -0.25) is 4.40 Å².